The van der Waals surface area contributed by atoms with E-state index in [9.17, 15) is 4.39 Å². The molecule has 2 aromatic carbocycles. The average molecular weight is 338 g/mol. The van der Waals surface area contributed by atoms with Gasteiger partial charge in [0.2, 0.25) is 0 Å². The molecule has 0 bridgehead atoms. The number of hydrogen-bond donors (Lipinski definition) is 1. The van der Waals surface area contributed by atoms with Gasteiger partial charge >= 0.3 is 0 Å². The summed E-state index contributed by atoms with van der Waals surface area (Å²) < 4.78 is 19.2. The summed E-state index contributed by atoms with van der Waals surface area (Å²) in [4.78, 5) is 0. The van der Waals surface area contributed by atoms with Crippen LogP contribution in [0.15, 0.2) is 46.9 Å². The zero-order valence-electron chi connectivity index (χ0n) is 11.5. The van der Waals surface area contributed by atoms with E-state index in [2.05, 4.69) is 28.2 Å². The average Bonchev–Trinajstić information content (AvgIpc) is 2.46. The van der Waals surface area contributed by atoms with Gasteiger partial charge in [-0.25, -0.2) is 4.39 Å². The van der Waals surface area contributed by atoms with Crippen molar-refractivity contribution in [2.75, 3.05) is 12.4 Å². The van der Waals surface area contributed by atoms with Gasteiger partial charge in [0.05, 0.1) is 13.2 Å². The van der Waals surface area contributed by atoms with Crippen LogP contribution in [-0.4, -0.2) is 7.11 Å². The molecule has 0 fully saturated rings. The van der Waals surface area contributed by atoms with Crippen molar-refractivity contribution in [2.45, 2.75) is 19.4 Å². The minimum Gasteiger partial charge on any atom is -0.496 e. The Kier molecular flexibility index (Phi) is 5.01. The van der Waals surface area contributed by atoms with Crippen molar-refractivity contribution in [3.8, 4) is 5.75 Å². The molecule has 1 unspecified atom stereocenters. The maximum Gasteiger partial charge on any atom is 0.124 e. The van der Waals surface area contributed by atoms with Gasteiger partial charge in [-0.2, -0.15) is 0 Å². The van der Waals surface area contributed by atoms with E-state index in [0.29, 0.717) is 4.47 Å². The smallest absolute Gasteiger partial charge is 0.124 e. The van der Waals surface area contributed by atoms with E-state index in [1.54, 1.807) is 13.2 Å². The fourth-order valence-corrected chi connectivity index (χ4v) is 2.61. The lowest BCUT2D eigenvalue weighted by Gasteiger charge is -2.21. The van der Waals surface area contributed by atoms with Crippen molar-refractivity contribution in [2.24, 2.45) is 0 Å². The molecule has 2 aromatic rings. The summed E-state index contributed by atoms with van der Waals surface area (Å²) in [5, 5.41) is 3.42. The third-order valence-corrected chi connectivity index (χ3v) is 3.84. The summed E-state index contributed by atoms with van der Waals surface area (Å²) in [6.45, 7) is 2.10. The van der Waals surface area contributed by atoms with Crippen LogP contribution in [0.3, 0.4) is 0 Å². The molecule has 0 aliphatic heterocycles. The normalized spacial score (nSPS) is 12.0. The Balaban J connectivity index is 2.29. The minimum atomic E-state index is -0.257. The fourth-order valence-electron chi connectivity index (χ4n) is 2.15. The van der Waals surface area contributed by atoms with E-state index >= 15 is 0 Å². The summed E-state index contributed by atoms with van der Waals surface area (Å²) in [5.41, 5.74) is 1.96. The summed E-state index contributed by atoms with van der Waals surface area (Å²) in [5.74, 6) is 0.595. The van der Waals surface area contributed by atoms with E-state index in [1.807, 2.05) is 24.3 Å². The van der Waals surface area contributed by atoms with E-state index < -0.39 is 0 Å². The zero-order valence-corrected chi connectivity index (χ0v) is 13.1. The first-order valence-electron chi connectivity index (χ1n) is 6.50. The maximum absolute atomic E-state index is 13.1. The molecule has 0 spiro atoms. The van der Waals surface area contributed by atoms with Crippen LogP contribution in [0, 0.1) is 5.82 Å². The first-order chi connectivity index (χ1) is 9.65. The van der Waals surface area contributed by atoms with Crippen molar-refractivity contribution in [3.05, 3.63) is 58.3 Å². The van der Waals surface area contributed by atoms with Crippen molar-refractivity contribution in [3.63, 3.8) is 0 Å². The van der Waals surface area contributed by atoms with Gasteiger partial charge in [0, 0.05) is 15.7 Å². The topological polar surface area (TPSA) is 21.3 Å². The van der Waals surface area contributed by atoms with Crippen LogP contribution in [0.1, 0.15) is 24.9 Å². The van der Waals surface area contributed by atoms with Gasteiger partial charge in [0.1, 0.15) is 11.6 Å². The van der Waals surface area contributed by atoms with Crippen LogP contribution in [0.25, 0.3) is 0 Å². The van der Waals surface area contributed by atoms with Crippen molar-refractivity contribution in [1.29, 1.82) is 0 Å². The number of hydrogen-bond acceptors (Lipinski definition) is 2. The van der Waals surface area contributed by atoms with Gasteiger partial charge in [0.15, 0.2) is 0 Å². The second kappa shape index (κ2) is 6.75. The number of anilines is 1. The van der Waals surface area contributed by atoms with Crippen molar-refractivity contribution >= 4 is 21.6 Å². The van der Waals surface area contributed by atoms with Crippen LogP contribution >= 0.6 is 15.9 Å². The van der Waals surface area contributed by atoms with Crippen LogP contribution < -0.4 is 10.1 Å². The number of nitrogens with one attached hydrogen (secondary N) is 1. The third-order valence-electron chi connectivity index (χ3n) is 3.18. The highest BCUT2D eigenvalue weighted by Crippen LogP contribution is 2.32. The lowest BCUT2D eigenvalue weighted by Crippen LogP contribution is -2.11. The molecule has 0 aliphatic rings. The van der Waals surface area contributed by atoms with Gasteiger partial charge in [-0.3, -0.25) is 0 Å². The maximum atomic E-state index is 13.1. The van der Waals surface area contributed by atoms with Gasteiger partial charge < -0.3 is 10.1 Å². The summed E-state index contributed by atoms with van der Waals surface area (Å²) >= 11 is 3.38. The molecule has 0 saturated heterocycles. The lowest BCUT2D eigenvalue weighted by molar-refractivity contribution is 0.406. The molecule has 0 heterocycles. The Morgan fingerprint density at radius 2 is 2.00 bits per heavy atom. The van der Waals surface area contributed by atoms with Crippen LogP contribution in [0.4, 0.5) is 10.1 Å². The Labute approximate surface area is 127 Å². The molecule has 1 atom stereocenters. The monoisotopic (exact) mass is 337 g/mol. The second-order valence-electron chi connectivity index (χ2n) is 4.47. The summed E-state index contributed by atoms with van der Waals surface area (Å²) in [6, 6.07) is 12.7. The first-order valence-corrected chi connectivity index (χ1v) is 7.29. The molecule has 0 aromatic heterocycles. The molecule has 20 heavy (non-hydrogen) atoms. The second-order valence-corrected chi connectivity index (χ2v) is 5.33. The Morgan fingerprint density at radius 3 is 2.65 bits per heavy atom. The Bertz CT molecular complexity index is 588. The molecular weight excluding hydrogens is 321 g/mol. The molecule has 1 N–H and O–H groups in total. The van der Waals surface area contributed by atoms with Gasteiger partial charge in [-0.1, -0.05) is 25.1 Å². The molecular formula is C16H17BrFNO. The highest BCUT2D eigenvalue weighted by Gasteiger charge is 2.15. The molecule has 4 heteroatoms. The zero-order chi connectivity index (χ0) is 14.5. The van der Waals surface area contributed by atoms with Gasteiger partial charge in [-0.05, 0) is 46.6 Å². The fraction of sp³-hybridized carbons (Fsp3) is 0.250. The van der Waals surface area contributed by atoms with E-state index in [0.717, 1.165) is 23.4 Å². The van der Waals surface area contributed by atoms with E-state index in [4.69, 9.17) is 4.74 Å². The molecule has 0 saturated carbocycles. The molecule has 106 valence electrons. The summed E-state index contributed by atoms with van der Waals surface area (Å²) in [7, 11) is 1.67. The van der Waals surface area contributed by atoms with Gasteiger partial charge in [-0.15, -0.1) is 0 Å². The Morgan fingerprint density at radius 1 is 1.25 bits per heavy atom. The minimum absolute atomic E-state index is 0.105. The SMILES string of the molecule is CCC(Nc1ccc(F)cc1Br)c1ccccc1OC. The first kappa shape index (κ1) is 14.9. The number of rotatable bonds is 5. The highest BCUT2D eigenvalue weighted by atomic mass is 79.9. The van der Waals surface area contributed by atoms with Crippen molar-refractivity contribution in [1.82, 2.24) is 0 Å². The number of halogens is 2. The summed E-state index contributed by atoms with van der Waals surface area (Å²) in [6.07, 6.45) is 0.893. The van der Waals surface area contributed by atoms with Gasteiger partial charge in [0.25, 0.3) is 0 Å². The van der Waals surface area contributed by atoms with Crippen LogP contribution in [-0.2, 0) is 0 Å². The predicted molar refractivity (Wildman–Crippen MR) is 83.7 cm³/mol. The number of benzene rings is 2. The van der Waals surface area contributed by atoms with E-state index in [1.165, 1.54) is 12.1 Å². The number of methoxy groups -OCH3 is 1. The molecule has 2 rings (SSSR count). The van der Waals surface area contributed by atoms with E-state index in [-0.39, 0.29) is 11.9 Å². The third kappa shape index (κ3) is 3.31. The highest BCUT2D eigenvalue weighted by molar-refractivity contribution is 9.10. The predicted octanol–water partition coefficient (Wildman–Crippen LogP) is 5.16. The standard InChI is InChI=1S/C16H17BrFNO/c1-3-14(12-6-4-5-7-16(12)20-2)19-15-9-8-11(18)10-13(15)17/h4-10,14,19H,3H2,1-2H3. The lowest BCUT2D eigenvalue weighted by atomic mass is 10.0. The molecule has 0 aliphatic carbocycles. The molecule has 0 amide bonds. The number of ether oxygens (including phenoxy) is 1. The number of para-hydroxylation sites is 1. The largest absolute Gasteiger partial charge is 0.496 e. The quantitative estimate of drug-likeness (QED) is 0.813. The van der Waals surface area contributed by atoms with Crippen LogP contribution in [0.5, 0.6) is 5.75 Å². The molecule has 2 nitrogen and oxygen atoms in total. The van der Waals surface area contributed by atoms with Crippen molar-refractivity contribution < 1.29 is 9.13 Å². The molecule has 0 radical (unpaired) electrons. The van der Waals surface area contributed by atoms with Crippen LogP contribution in [0.2, 0.25) is 0 Å². The Hall–Kier alpha value is -1.55.